The molecule has 0 saturated heterocycles. The van der Waals surface area contributed by atoms with Crippen molar-refractivity contribution in [3.63, 3.8) is 0 Å². The molecule has 150 valence electrons. The van der Waals surface area contributed by atoms with Crippen molar-refractivity contribution >= 4 is 27.2 Å². The van der Waals surface area contributed by atoms with E-state index in [2.05, 4.69) is 15.0 Å². The first-order chi connectivity index (χ1) is 13.7. The number of nitro groups is 1. The van der Waals surface area contributed by atoms with Gasteiger partial charge in [-0.2, -0.15) is 0 Å². The summed E-state index contributed by atoms with van der Waals surface area (Å²) in [4.78, 5) is 14.0. The number of nitrogens with one attached hydrogen (secondary N) is 2. The third-order valence-corrected chi connectivity index (χ3v) is 5.21. The van der Waals surface area contributed by atoms with E-state index in [9.17, 15) is 27.3 Å². The number of nitro benzene ring substituents is 1. The maximum atomic E-state index is 13.2. The first kappa shape index (κ1) is 20.1. The summed E-state index contributed by atoms with van der Waals surface area (Å²) in [6.07, 6.45) is 1.11. The van der Waals surface area contributed by atoms with Gasteiger partial charge in [0.1, 0.15) is 10.7 Å². The van der Waals surface area contributed by atoms with Crippen LogP contribution in [0.2, 0.25) is 0 Å². The van der Waals surface area contributed by atoms with Crippen molar-refractivity contribution in [2.75, 3.05) is 10.0 Å². The molecule has 0 unspecified atom stereocenters. The predicted octanol–water partition coefficient (Wildman–Crippen LogP) is 3.68. The summed E-state index contributed by atoms with van der Waals surface area (Å²) >= 11 is 0. The van der Waals surface area contributed by atoms with Gasteiger partial charge in [-0.15, -0.1) is 0 Å². The zero-order valence-corrected chi connectivity index (χ0v) is 15.5. The smallest absolute Gasteiger partial charge is 0.269 e. The lowest BCUT2D eigenvalue weighted by Crippen LogP contribution is -2.13. The van der Waals surface area contributed by atoms with E-state index in [0.717, 1.165) is 30.0 Å². The maximum Gasteiger partial charge on any atom is 0.269 e. The minimum absolute atomic E-state index is 0.0185. The molecule has 2 aromatic carbocycles. The summed E-state index contributed by atoms with van der Waals surface area (Å²) in [5.41, 5.74) is 0.633. The normalized spacial score (nSPS) is 11.1. The van der Waals surface area contributed by atoms with Crippen molar-refractivity contribution in [3.05, 3.63) is 88.1 Å². The summed E-state index contributed by atoms with van der Waals surface area (Å²) < 4.78 is 53.0. The Morgan fingerprint density at radius 2 is 1.72 bits per heavy atom. The van der Waals surface area contributed by atoms with Gasteiger partial charge in [-0.1, -0.05) is 12.1 Å². The van der Waals surface area contributed by atoms with E-state index in [-0.39, 0.29) is 16.3 Å². The van der Waals surface area contributed by atoms with Crippen LogP contribution in [0.25, 0.3) is 0 Å². The Bertz CT molecular complexity index is 1140. The van der Waals surface area contributed by atoms with E-state index in [1.54, 1.807) is 12.1 Å². The number of benzene rings is 2. The first-order valence-electron chi connectivity index (χ1n) is 8.16. The highest BCUT2D eigenvalue weighted by atomic mass is 32.2. The highest BCUT2D eigenvalue weighted by Crippen LogP contribution is 2.19. The molecule has 3 rings (SSSR count). The molecule has 0 spiro atoms. The van der Waals surface area contributed by atoms with Gasteiger partial charge in [0.2, 0.25) is 0 Å². The van der Waals surface area contributed by atoms with E-state index in [0.29, 0.717) is 12.4 Å². The molecule has 0 aliphatic heterocycles. The Hall–Kier alpha value is -3.60. The monoisotopic (exact) mass is 420 g/mol. The second-order valence-corrected chi connectivity index (χ2v) is 7.57. The number of halogens is 2. The molecule has 0 radical (unpaired) electrons. The summed E-state index contributed by atoms with van der Waals surface area (Å²) in [5.74, 6) is -1.87. The summed E-state index contributed by atoms with van der Waals surface area (Å²) in [6.45, 7) is 0.324. The van der Waals surface area contributed by atoms with Crippen LogP contribution in [0.4, 0.5) is 26.0 Å². The summed E-state index contributed by atoms with van der Waals surface area (Å²) in [6, 6.07) is 11.3. The summed E-state index contributed by atoms with van der Waals surface area (Å²) in [5, 5.41) is 13.6. The van der Waals surface area contributed by atoms with E-state index in [1.807, 2.05) is 0 Å². The highest BCUT2D eigenvalue weighted by Gasteiger charge is 2.16. The second kappa shape index (κ2) is 8.19. The lowest BCUT2D eigenvalue weighted by atomic mass is 10.2. The number of anilines is 2. The van der Waals surface area contributed by atoms with E-state index < -0.39 is 26.6 Å². The third kappa shape index (κ3) is 5.02. The Labute approximate surface area is 164 Å². The molecule has 0 atom stereocenters. The van der Waals surface area contributed by atoms with Crippen molar-refractivity contribution in [1.29, 1.82) is 0 Å². The van der Waals surface area contributed by atoms with Gasteiger partial charge in [-0.25, -0.2) is 22.2 Å². The largest absolute Gasteiger partial charge is 0.366 e. The zero-order valence-electron chi connectivity index (χ0n) is 14.7. The zero-order chi connectivity index (χ0) is 21.0. The number of hydrogen-bond acceptors (Lipinski definition) is 6. The standard InChI is InChI=1S/C18H14F2N4O4S/c19-16-7-3-13(9-17(16)20)23-29(27,28)15-6-8-18(22-11-15)21-10-12-1-4-14(5-2-12)24(25)26/h1-9,11,23H,10H2,(H,21,22). The van der Waals surface area contributed by atoms with Crippen LogP contribution in [0.5, 0.6) is 0 Å². The van der Waals surface area contributed by atoms with Crippen LogP contribution in [0.15, 0.2) is 65.7 Å². The number of rotatable bonds is 7. The van der Waals surface area contributed by atoms with Gasteiger partial charge in [0.15, 0.2) is 11.6 Å². The van der Waals surface area contributed by atoms with E-state index in [4.69, 9.17) is 0 Å². The molecule has 0 bridgehead atoms. The topological polar surface area (TPSA) is 114 Å². The minimum atomic E-state index is -4.03. The number of non-ortho nitro benzene ring substituents is 1. The Morgan fingerprint density at radius 3 is 2.31 bits per heavy atom. The molecule has 8 nitrogen and oxygen atoms in total. The Kier molecular flexibility index (Phi) is 5.69. The molecule has 0 aliphatic rings. The second-order valence-electron chi connectivity index (χ2n) is 5.89. The molecule has 0 aliphatic carbocycles. The fourth-order valence-electron chi connectivity index (χ4n) is 2.35. The van der Waals surface area contributed by atoms with Crippen molar-refractivity contribution in [2.45, 2.75) is 11.4 Å². The number of hydrogen-bond donors (Lipinski definition) is 2. The lowest BCUT2D eigenvalue weighted by molar-refractivity contribution is -0.384. The molecule has 0 fully saturated rings. The molecule has 29 heavy (non-hydrogen) atoms. The fourth-order valence-corrected chi connectivity index (χ4v) is 3.34. The van der Waals surface area contributed by atoms with Gasteiger partial charge in [0.05, 0.1) is 10.6 Å². The van der Waals surface area contributed by atoms with E-state index >= 15 is 0 Å². The maximum absolute atomic E-state index is 13.2. The minimum Gasteiger partial charge on any atom is -0.366 e. The average molecular weight is 420 g/mol. The molecular formula is C18H14F2N4O4S. The number of aromatic nitrogens is 1. The SMILES string of the molecule is O=[N+]([O-])c1ccc(CNc2ccc(S(=O)(=O)Nc3ccc(F)c(F)c3)cn2)cc1. The molecule has 2 N–H and O–H groups in total. The van der Waals surface area contributed by atoms with Gasteiger partial charge in [0, 0.05) is 30.9 Å². The quantitative estimate of drug-likeness (QED) is 0.445. The van der Waals surface area contributed by atoms with Crippen molar-refractivity contribution in [2.24, 2.45) is 0 Å². The van der Waals surface area contributed by atoms with Crippen LogP contribution in [0, 0.1) is 21.7 Å². The van der Waals surface area contributed by atoms with Crippen molar-refractivity contribution < 1.29 is 22.1 Å². The van der Waals surface area contributed by atoms with Crippen molar-refractivity contribution in [3.8, 4) is 0 Å². The molecule has 1 heterocycles. The molecule has 0 saturated carbocycles. The van der Waals surface area contributed by atoms with E-state index in [1.165, 1.54) is 24.3 Å². The predicted molar refractivity (Wildman–Crippen MR) is 102 cm³/mol. The fraction of sp³-hybridized carbons (Fsp3) is 0.0556. The van der Waals surface area contributed by atoms with Crippen LogP contribution < -0.4 is 10.0 Å². The highest BCUT2D eigenvalue weighted by molar-refractivity contribution is 7.92. The number of nitrogens with zero attached hydrogens (tertiary/aromatic N) is 2. The average Bonchev–Trinajstić information content (AvgIpc) is 2.69. The van der Waals surface area contributed by atoms with Crippen LogP contribution in [-0.2, 0) is 16.6 Å². The summed E-state index contributed by atoms with van der Waals surface area (Å²) in [7, 11) is -4.03. The van der Waals surface area contributed by atoms with Gasteiger partial charge >= 0.3 is 0 Å². The molecular weight excluding hydrogens is 406 g/mol. The van der Waals surface area contributed by atoms with Gasteiger partial charge in [-0.05, 0) is 29.8 Å². The van der Waals surface area contributed by atoms with Crippen LogP contribution >= 0.6 is 0 Å². The Balaban J connectivity index is 1.65. The van der Waals surface area contributed by atoms with Crippen molar-refractivity contribution in [1.82, 2.24) is 4.98 Å². The van der Waals surface area contributed by atoms with Gasteiger partial charge in [0.25, 0.3) is 15.7 Å². The molecule has 1 aromatic heterocycles. The van der Waals surface area contributed by atoms with Crippen LogP contribution in [-0.4, -0.2) is 18.3 Å². The first-order valence-corrected chi connectivity index (χ1v) is 9.64. The van der Waals surface area contributed by atoms with Gasteiger partial charge < -0.3 is 5.32 Å². The lowest BCUT2D eigenvalue weighted by Gasteiger charge is -2.10. The molecule has 0 amide bonds. The van der Waals surface area contributed by atoms with Gasteiger partial charge in [-0.3, -0.25) is 14.8 Å². The molecule has 11 heteroatoms. The van der Waals surface area contributed by atoms with Crippen LogP contribution in [0.3, 0.4) is 0 Å². The molecule has 3 aromatic rings. The Morgan fingerprint density at radius 1 is 1.00 bits per heavy atom. The third-order valence-electron chi connectivity index (χ3n) is 3.84. The number of pyridine rings is 1. The number of sulfonamides is 1. The van der Waals surface area contributed by atoms with Crippen LogP contribution in [0.1, 0.15) is 5.56 Å².